The van der Waals surface area contributed by atoms with E-state index in [4.69, 9.17) is 5.11 Å². The van der Waals surface area contributed by atoms with E-state index in [0.29, 0.717) is 16.8 Å². The molecule has 1 amide bonds. The maximum atomic E-state index is 12.0. The molecule has 0 aliphatic rings. The minimum absolute atomic E-state index is 0.0221. The SMILES string of the molecule is Cc1cc(C(=O)Nc2ccc(O)cc2)ccc1[N+](=O)[O-]. The Morgan fingerprint density at radius 2 is 1.85 bits per heavy atom. The summed E-state index contributed by atoms with van der Waals surface area (Å²) in [6.07, 6.45) is 0. The standard InChI is InChI=1S/C14H12N2O4/c1-9-8-10(2-7-13(9)16(19)20)14(18)15-11-3-5-12(17)6-4-11/h2-8,17H,1H3,(H,15,18). The van der Waals surface area contributed by atoms with E-state index in [1.807, 2.05) is 0 Å². The van der Waals surface area contributed by atoms with E-state index in [0.717, 1.165) is 0 Å². The first-order valence-electron chi connectivity index (χ1n) is 5.83. The molecule has 0 saturated carbocycles. The zero-order valence-electron chi connectivity index (χ0n) is 10.7. The van der Waals surface area contributed by atoms with Crippen LogP contribution in [0.4, 0.5) is 11.4 Å². The van der Waals surface area contributed by atoms with Gasteiger partial charge in [-0.1, -0.05) is 0 Å². The van der Waals surface area contributed by atoms with E-state index in [9.17, 15) is 14.9 Å². The van der Waals surface area contributed by atoms with Crippen LogP contribution in [0, 0.1) is 17.0 Å². The summed E-state index contributed by atoms with van der Waals surface area (Å²) >= 11 is 0. The van der Waals surface area contributed by atoms with Crippen molar-refractivity contribution in [1.29, 1.82) is 0 Å². The summed E-state index contributed by atoms with van der Waals surface area (Å²) in [7, 11) is 0. The second kappa shape index (κ2) is 5.40. The minimum atomic E-state index is -0.489. The average molecular weight is 272 g/mol. The van der Waals surface area contributed by atoms with E-state index in [-0.39, 0.29) is 17.3 Å². The number of rotatable bonds is 3. The Morgan fingerprint density at radius 3 is 2.40 bits per heavy atom. The van der Waals surface area contributed by atoms with Crippen molar-refractivity contribution in [3.63, 3.8) is 0 Å². The van der Waals surface area contributed by atoms with Crippen LogP contribution in [-0.2, 0) is 0 Å². The number of hydrogen-bond donors (Lipinski definition) is 2. The Bertz CT molecular complexity index is 665. The van der Waals surface area contributed by atoms with E-state index < -0.39 is 4.92 Å². The van der Waals surface area contributed by atoms with Crippen molar-refractivity contribution < 1.29 is 14.8 Å². The Balaban J connectivity index is 2.19. The van der Waals surface area contributed by atoms with Crippen LogP contribution >= 0.6 is 0 Å². The van der Waals surface area contributed by atoms with Crippen LogP contribution < -0.4 is 5.32 Å². The molecule has 6 nitrogen and oxygen atoms in total. The third-order valence-corrected chi connectivity index (χ3v) is 2.78. The highest BCUT2D eigenvalue weighted by Crippen LogP contribution is 2.20. The topological polar surface area (TPSA) is 92.5 Å². The lowest BCUT2D eigenvalue weighted by Gasteiger charge is -2.06. The average Bonchev–Trinajstić information content (AvgIpc) is 2.40. The lowest BCUT2D eigenvalue weighted by Crippen LogP contribution is -2.12. The molecule has 0 saturated heterocycles. The smallest absolute Gasteiger partial charge is 0.272 e. The molecule has 0 bridgehead atoms. The third kappa shape index (κ3) is 2.92. The molecule has 6 heteroatoms. The molecule has 0 atom stereocenters. The van der Waals surface area contributed by atoms with Crippen LogP contribution in [0.2, 0.25) is 0 Å². The molecule has 2 aromatic rings. The lowest BCUT2D eigenvalue weighted by molar-refractivity contribution is -0.385. The van der Waals surface area contributed by atoms with Crippen LogP contribution in [0.25, 0.3) is 0 Å². The molecule has 20 heavy (non-hydrogen) atoms. The highest BCUT2D eigenvalue weighted by atomic mass is 16.6. The Kier molecular flexibility index (Phi) is 3.65. The molecule has 0 aliphatic heterocycles. The van der Waals surface area contributed by atoms with Gasteiger partial charge in [0.05, 0.1) is 4.92 Å². The largest absolute Gasteiger partial charge is 0.508 e. The van der Waals surface area contributed by atoms with Crippen LogP contribution in [0.15, 0.2) is 42.5 Å². The fraction of sp³-hybridized carbons (Fsp3) is 0.0714. The van der Waals surface area contributed by atoms with Crippen molar-refractivity contribution in [2.75, 3.05) is 5.32 Å². The van der Waals surface area contributed by atoms with Gasteiger partial charge in [0.25, 0.3) is 11.6 Å². The first-order chi connectivity index (χ1) is 9.47. The number of nitro groups is 1. The molecule has 0 fully saturated rings. The van der Waals surface area contributed by atoms with Crippen LogP contribution in [-0.4, -0.2) is 15.9 Å². The Hall–Kier alpha value is -2.89. The number of nitro benzene ring substituents is 1. The van der Waals surface area contributed by atoms with Gasteiger partial charge in [-0.3, -0.25) is 14.9 Å². The lowest BCUT2D eigenvalue weighted by atomic mass is 10.1. The number of aromatic hydroxyl groups is 1. The quantitative estimate of drug-likeness (QED) is 0.510. The first-order valence-corrected chi connectivity index (χ1v) is 5.83. The molecule has 0 spiro atoms. The number of benzene rings is 2. The molecule has 0 heterocycles. The second-order valence-corrected chi connectivity index (χ2v) is 4.26. The van der Waals surface area contributed by atoms with Gasteiger partial charge in [0.2, 0.25) is 0 Å². The molecule has 0 aliphatic carbocycles. The van der Waals surface area contributed by atoms with Crippen molar-refractivity contribution in [2.45, 2.75) is 6.92 Å². The molecular weight excluding hydrogens is 260 g/mol. The number of phenolic OH excluding ortho intramolecular Hbond substituents is 1. The van der Waals surface area contributed by atoms with Gasteiger partial charge in [0.1, 0.15) is 5.75 Å². The number of nitrogens with zero attached hydrogens (tertiary/aromatic N) is 1. The second-order valence-electron chi connectivity index (χ2n) is 4.26. The summed E-state index contributed by atoms with van der Waals surface area (Å²) in [5.41, 5.74) is 1.27. The number of aryl methyl sites for hydroxylation is 1. The van der Waals surface area contributed by atoms with Crippen molar-refractivity contribution in [3.8, 4) is 5.75 Å². The van der Waals surface area contributed by atoms with E-state index in [1.54, 1.807) is 19.1 Å². The van der Waals surface area contributed by atoms with Gasteiger partial charge in [0.15, 0.2) is 0 Å². The summed E-state index contributed by atoms with van der Waals surface area (Å²) < 4.78 is 0. The highest BCUT2D eigenvalue weighted by Gasteiger charge is 2.13. The van der Waals surface area contributed by atoms with Gasteiger partial charge < -0.3 is 10.4 Å². The van der Waals surface area contributed by atoms with Crippen LogP contribution in [0.5, 0.6) is 5.75 Å². The van der Waals surface area contributed by atoms with E-state index in [2.05, 4.69) is 5.32 Å². The molecule has 2 N–H and O–H groups in total. The van der Waals surface area contributed by atoms with Gasteiger partial charge >= 0.3 is 0 Å². The molecule has 2 aromatic carbocycles. The minimum Gasteiger partial charge on any atom is -0.508 e. The maximum Gasteiger partial charge on any atom is 0.272 e. The summed E-state index contributed by atoms with van der Waals surface area (Å²) in [5, 5.41) is 22.5. The monoisotopic (exact) mass is 272 g/mol. The number of phenols is 1. The predicted molar refractivity (Wildman–Crippen MR) is 73.9 cm³/mol. The zero-order chi connectivity index (χ0) is 14.7. The van der Waals surface area contributed by atoms with Gasteiger partial charge in [-0.05, 0) is 43.3 Å². The van der Waals surface area contributed by atoms with Gasteiger partial charge in [-0.2, -0.15) is 0 Å². The first kappa shape index (κ1) is 13.5. The van der Waals surface area contributed by atoms with E-state index >= 15 is 0 Å². The molecule has 0 unspecified atom stereocenters. The molecular formula is C14H12N2O4. The summed E-state index contributed by atoms with van der Waals surface area (Å²) in [4.78, 5) is 22.2. The Labute approximate surface area is 114 Å². The fourth-order valence-corrected chi connectivity index (χ4v) is 1.75. The van der Waals surface area contributed by atoms with Crippen molar-refractivity contribution in [1.82, 2.24) is 0 Å². The maximum absolute atomic E-state index is 12.0. The van der Waals surface area contributed by atoms with Gasteiger partial charge in [0, 0.05) is 22.9 Å². The number of amides is 1. The molecule has 0 aromatic heterocycles. The number of hydrogen-bond acceptors (Lipinski definition) is 4. The predicted octanol–water partition coefficient (Wildman–Crippen LogP) is 2.86. The van der Waals surface area contributed by atoms with Crippen molar-refractivity contribution in [2.24, 2.45) is 0 Å². The van der Waals surface area contributed by atoms with Crippen LogP contribution in [0.3, 0.4) is 0 Å². The summed E-state index contributed by atoms with van der Waals surface area (Å²) in [6.45, 7) is 1.58. The summed E-state index contributed by atoms with van der Waals surface area (Å²) in [6, 6.07) is 10.2. The number of nitrogens with one attached hydrogen (secondary N) is 1. The third-order valence-electron chi connectivity index (χ3n) is 2.78. The van der Waals surface area contributed by atoms with Crippen LogP contribution in [0.1, 0.15) is 15.9 Å². The van der Waals surface area contributed by atoms with Crippen molar-refractivity contribution >= 4 is 17.3 Å². The Morgan fingerprint density at radius 1 is 1.20 bits per heavy atom. The molecule has 102 valence electrons. The molecule has 0 radical (unpaired) electrons. The number of carbonyl (C=O) groups excluding carboxylic acids is 1. The van der Waals surface area contributed by atoms with Gasteiger partial charge in [-0.25, -0.2) is 0 Å². The zero-order valence-corrected chi connectivity index (χ0v) is 10.7. The highest BCUT2D eigenvalue weighted by molar-refractivity contribution is 6.04. The number of carbonyl (C=O) groups is 1. The van der Waals surface area contributed by atoms with Crippen molar-refractivity contribution in [3.05, 3.63) is 63.7 Å². The fourth-order valence-electron chi connectivity index (χ4n) is 1.75. The molecule has 2 rings (SSSR count). The summed E-state index contributed by atoms with van der Waals surface area (Å²) in [5.74, 6) is -0.261. The normalized spacial score (nSPS) is 10.1. The number of anilines is 1. The van der Waals surface area contributed by atoms with Gasteiger partial charge in [-0.15, -0.1) is 0 Å². The van der Waals surface area contributed by atoms with E-state index in [1.165, 1.54) is 30.3 Å².